The van der Waals surface area contributed by atoms with E-state index < -0.39 is 17.9 Å². The monoisotopic (exact) mass is 489 g/mol. The van der Waals surface area contributed by atoms with Gasteiger partial charge in [-0.25, -0.2) is 4.79 Å². The van der Waals surface area contributed by atoms with Crippen LogP contribution in [0.15, 0.2) is 48.5 Å². The predicted molar refractivity (Wildman–Crippen MR) is 124 cm³/mol. The molecule has 1 atom stereocenters. The Hall–Kier alpha value is -2.89. The van der Waals surface area contributed by atoms with E-state index in [0.717, 1.165) is 31.6 Å². The van der Waals surface area contributed by atoms with Gasteiger partial charge < -0.3 is 9.64 Å². The number of ether oxygens (including phenoxy) is 1. The van der Waals surface area contributed by atoms with Gasteiger partial charge in [-0.1, -0.05) is 35.7 Å². The molecule has 5 rings (SSSR count). The van der Waals surface area contributed by atoms with Crippen molar-refractivity contribution in [2.24, 2.45) is 5.92 Å². The molecule has 5 nitrogen and oxygen atoms in total. The van der Waals surface area contributed by atoms with Crippen LogP contribution in [0.1, 0.15) is 18.4 Å². The van der Waals surface area contributed by atoms with Crippen molar-refractivity contribution in [1.82, 2.24) is 4.90 Å². The molecule has 1 saturated carbocycles. The minimum atomic E-state index is -4.92. The maximum absolute atomic E-state index is 14.4. The van der Waals surface area contributed by atoms with Crippen molar-refractivity contribution < 1.29 is 22.7 Å². The smallest absolute Gasteiger partial charge is 0.415 e. The Balaban J connectivity index is 1.41. The number of hydrogen-bond donors (Lipinski definition) is 0. The summed E-state index contributed by atoms with van der Waals surface area (Å²) in [6, 6.07) is 14.1. The van der Waals surface area contributed by atoms with E-state index in [-0.39, 0.29) is 28.9 Å². The number of carbonyl (C=O) groups is 1. The van der Waals surface area contributed by atoms with E-state index in [1.165, 1.54) is 23.1 Å². The summed E-state index contributed by atoms with van der Waals surface area (Å²) in [5.74, 6) is 4.82. The summed E-state index contributed by atoms with van der Waals surface area (Å²) in [7, 11) is 0. The maximum atomic E-state index is 14.4. The lowest BCUT2D eigenvalue weighted by Gasteiger charge is -2.43. The molecule has 2 fully saturated rings. The highest BCUT2D eigenvalue weighted by Gasteiger charge is 2.63. The van der Waals surface area contributed by atoms with Crippen LogP contribution in [0.4, 0.5) is 29.3 Å². The Kier molecular flexibility index (Phi) is 5.86. The van der Waals surface area contributed by atoms with E-state index in [4.69, 9.17) is 16.3 Å². The molecule has 1 saturated heterocycles. The number of carbonyl (C=O) groups excluding carboxylic acids is 1. The van der Waals surface area contributed by atoms with Gasteiger partial charge in [-0.15, -0.1) is 0 Å². The van der Waals surface area contributed by atoms with E-state index in [9.17, 15) is 18.0 Å². The molecule has 9 heteroatoms. The number of alkyl halides is 3. The van der Waals surface area contributed by atoms with Crippen LogP contribution in [0, 0.1) is 17.8 Å². The highest BCUT2D eigenvalue weighted by atomic mass is 35.5. The average molecular weight is 490 g/mol. The molecule has 2 heterocycles. The first kappa shape index (κ1) is 22.9. The average Bonchev–Trinajstić information content (AvgIpc) is 3.65. The minimum absolute atomic E-state index is 0.0977. The van der Waals surface area contributed by atoms with Crippen LogP contribution in [0.5, 0.6) is 0 Å². The zero-order valence-electron chi connectivity index (χ0n) is 18.3. The molecule has 0 spiro atoms. The molecule has 0 aromatic heterocycles. The van der Waals surface area contributed by atoms with E-state index in [1.54, 1.807) is 0 Å². The van der Waals surface area contributed by atoms with Crippen molar-refractivity contribution in [2.45, 2.75) is 24.6 Å². The zero-order valence-corrected chi connectivity index (χ0v) is 19.1. The lowest BCUT2D eigenvalue weighted by atomic mass is 9.89. The number of nitrogens with zero attached hydrogens (tertiary/aromatic N) is 3. The van der Waals surface area contributed by atoms with Crippen LogP contribution >= 0.6 is 11.6 Å². The van der Waals surface area contributed by atoms with Gasteiger partial charge in [-0.3, -0.25) is 9.80 Å². The summed E-state index contributed by atoms with van der Waals surface area (Å²) < 4.78 is 48.3. The Morgan fingerprint density at radius 2 is 1.76 bits per heavy atom. The van der Waals surface area contributed by atoms with Gasteiger partial charge >= 0.3 is 12.3 Å². The first-order chi connectivity index (χ1) is 16.3. The Bertz CT molecular complexity index is 1140. The molecular weight excluding hydrogens is 467 g/mol. The van der Waals surface area contributed by atoms with Crippen LogP contribution in [0.3, 0.4) is 0 Å². The number of cyclic esters (lactones) is 1. The molecular formula is C25H23ClF3N3O2. The lowest BCUT2D eigenvalue weighted by molar-refractivity contribution is -0.240. The van der Waals surface area contributed by atoms with E-state index in [2.05, 4.69) is 16.7 Å². The number of fused-ring (bicyclic) bond motifs is 1. The van der Waals surface area contributed by atoms with Crippen molar-refractivity contribution in [3.63, 3.8) is 0 Å². The number of hydrogen-bond acceptors (Lipinski definition) is 4. The molecule has 2 aromatic carbocycles. The molecule has 34 heavy (non-hydrogen) atoms. The van der Waals surface area contributed by atoms with Gasteiger partial charge in [0.2, 0.25) is 0 Å². The first-order valence-electron chi connectivity index (χ1n) is 11.2. The van der Waals surface area contributed by atoms with Gasteiger partial charge in [-0.2, -0.15) is 13.2 Å². The van der Waals surface area contributed by atoms with Crippen LogP contribution in [-0.2, 0) is 10.3 Å². The fourth-order valence-corrected chi connectivity index (χ4v) is 4.46. The highest BCUT2D eigenvalue weighted by molar-refractivity contribution is 6.30. The van der Waals surface area contributed by atoms with Crippen molar-refractivity contribution in [3.8, 4) is 11.8 Å². The Morgan fingerprint density at radius 3 is 2.41 bits per heavy atom. The summed E-state index contributed by atoms with van der Waals surface area (Å²) in [4.78, 5) is 18.5. The quantitative estimate of drug-likeness (QED) is 0.552. The second-order valence-electron chi connectivity index (χ2n) is 8.76. The third-order valence-electron chi connectivity index (χ3n) is 6.35. The summed E-state index contributed by atoms with van der Waals surface area (Å²) >= 11 is 6.09. The van der Waals surface area contributed by atoms with E-state index in [0.29, 0.717) is 13.1 Å². The molecule has 0 N–H and O–H groups in total. The van der Waals surface area contributed by atoms with E-state index in [1.807, 2.05) is 35.2 Å². The minimum Gasteiger partial charge on any atom is -0.415 e. The molecule has 2 aliphatic heterocycles. The van der Waals surface area contributed by atoms with Gasteiger partial charge in [-0.05, 0) is 49.1 Å². The standard InChI is InChI=1S/C25H23ClF3N3O2/c26-19-8-9-22-21(16-19)24(25(27,28)29,11-10-18-6-7-18)34-23(33)32(22)17-30-12-14-31(15-13-30)20-4-2-1-3-5-20/h1-5,8-9,16,18H,6-7,12-15,17H2/t24-/m0/s1. The van der Waals surface area contributed by atoms with Crippen LogP contribution < -0.4 is 9.80 Å². The molecule has 3 aliphatic rings. The molecule has 178 valence electrons. The van der Waals surface area contributed by atoms with Gasteiger partial charge in [0, 0.05) is 48.4 Å². The third-order valence-corrected chi connectivity index (χ3v) is 6.59. The maximum Gasteiger partial charge on any atom is 0.445 e. The fourth-order valence-electron chi connectivity index (χ4n) is 4.29. The highest BCUT2D eigenvalue weighted by Crippen LogP contribution is 2.50. The van der Waals surface area contributed by atoms with Gasteiger partial charge in [0.1, 0.15) is 0 Å². The van der Waals surface area contributed by atoms with Crippen molar-refractivity contribution >= 4 is 29.1 Å². The first-order valence-corrected chi connectivity index (χ1v) is 11.6. The SMILES string of the molecule is O=C1O[C@](C#CC2CC2)(C(F)(F)F)c2cc(Cl)ccc2N1CN1CCN(c2ccccc2)CC1. The molecule has 1 amide bonds. The van der Waals surface area contributed by atoms with E-state index >= 15 is 0 Å². The summed E-state index contributed by atoms with van der Waals surface area (Å²) in [5.41, 5.74) is -2.05. The third kappa shape index (κ3) is 4.30. The number of anilines is 2. The lowest BCUT2D eigenvalue weighted by Crippen LogP contribution is -2.57. The normalized spacial score (nSPS) is 23.1. The second kappa shape index (κ2) is 8.71. The number of benzene rings is 2. The summed E-state index contributed by atoms with van der Waals surface area (Å²) in [6.07, 6.45) is -4.49. The van der Waals surface area contributed by atoms with Gasteiger partial charge in [0.15, 0.2) is 0 Å². The summed E-state index contributed by atoms with van der Waals surface area (Å²) in [6.45, 7) is 2.88. The molecule has 0 radical (unpaired) electrons. The van der Waals surface area contributed by atoms with Crippen molar-refractivity contribution in [3.05, 3.63) is 59.1 Å². The van der Waals surface area contributed by atoms with Crippen molar-refractivity contribution in [1.29, 1.82) is 0 Å². The largest absolute Gasteiger partial charge is 0.445 e. The molecule has 2 aromatic rings. The topological polar surface area (TPSA) is 36.0 Å². The predicted octanol–water partition coefficient (Wildman–Crippen LogP) is 5.25. The summed E-state index contributed by atoms with van der Waals surface area (Å²) in [5, 5.41) is 0.120. The van der Waals surface area contributed by atoms with Crippen molar-refractivity contribution in [2.75, 3.05) is 42.6 Å². The molecule has 0 unspecified atom stereocenters. The molecule has 0 bridgehead atoms. The van der Waals surface area contributed by atoms with Gasteiger partial charge in [0.25, 0.3) is 5.60 Å². The Labute approximate surface area is 201 Å². The number of piperazine rings is 1. The van der Waals surface area contributed by atoms with Crippen LogP contribution in [-0.4, -0.2) is 50.0 Å². The van der Waals surface area contributed by atoms with Crippen LogP contribution in [0.2, 0.25) is 5.02 Å². The fraction of sp³-hybridized carbons (Fsp3) is 0.400. The van der Waals surface area contributed by atoms with Gasteiger partial charge in [0.05, 0.1) is 12.4 Å². The Morgan fingerprint density at radius 1 is 1.06 bits per heavy atom. The number of halogens is 4. The van der Waals surface area contributed by atoms with Crippen LogP contribution in [0.25, 0.3) is 0 Å². The number of amides is 1. The number of para-hydroxylation sites is 1. The molecule has 1 aliphatic carbocycles. The zero-order chi connectivity index (χ0) is 23.9. The second-order valence-corrected chi connectivity index (χ2v) is 9.20. The number of rotatable bonds is 3.